The molecule has 0 saturated heterocycles. The smallest absolute Gasteiger partial charge is 0.251 e. The van der Waals surface area contributed by atoms with Gasteiger partial charge in [0.15, 0.2) is 0 Å². The van der Waals surface area contributed by atoms with Gasteiger partial charge >= 0.3 is 0 Å². The summed E-state index contributed by atoms with van der Waals surface area (Å²) in [6.07, 6.45) is 2.05. The third-order valence-corrected chi connectivity index (χ3v) is 4.06. The summed E-state index contributed by atoms with van der Waals surface area (Å²) >= 11 is 1.70. The van der Waals surface area contributed by atoms with Gasteiger partial charge in [0.2, 0.25) is 0 Å². The zero-order chi connectivity index (χ0) is 15.2. The van der Waals surface area contributed by atoms with E-state index in [9.17, 15) is 4.79 Å². The van der Waals surface area contributed by atoms with E-state index in [1.54, 1.807) is 43.1 Å². The molecule has 2 aromatic rings. The zero-order valence-electron chi connectivity index (χ0n) is 12.4. The summed E-state index contributed by atoms with van der Waals surface area (Å²) in [7, 11) is 1.61. The zero-order valence-corrected chi connectivity index (χ0v) is 13.2. The lowest BCUT2D eigenvalue weighted by molar-refractivity contribution is 0.0940. The maximum Gasteiger partial charge on any atom is 0.251 e. The Morgan fingerprint density at radius 3 is 2.24 bits per heavy atom. The first-order valence-corrected chi connectivity index (χ1v) is 7.95. The lowest BCUT2D eigenvalue weighted by atomic mass is 10.1. The lowest BCUT2D eigenvalue weighted by Crippen LogP contribution is -2.26. The summed E-state index contributed by atoms with van der Waals surface area (Å²) in [6, 6.07) is 15.3. The SMILES string of the molecule is COc1ccc(C(=O)NC(C)c2ccc(SC)cc2)cc1. The molecule has 2 rings (SSSR count). The minimum atomic E-state index is -0.0842. The van der Waals surface area contributed by atoms with Crippen molar-refractivity contribution in [1.29, 1.82) is 0 Å². The molecule has 2 aromatic carbocycles. The van der Waals surface area contributed by atoms with Crippen molar-refractivity contribution in [2.45, 2.75) is 17.9 Å². The number of rotatable bonds is 5. The van der Waals surface area contributed by atoms with Crippen molar-refractivity contribution < 1.29 is 9.53 Å². The Morgan fingerprint density at radius 1 is 1.10 bits per heavy atom. The third kappa shape index (κ3) is 4.02. The molecule has 0 radical (unpaired) electrons. The van der Waals surface area contributed by atoms with Crippen molar-refractivity contribution in [3.8, 4) is 5.75 Å². The van der Waals surface area contributed by atoms with Crippen LogP contribution in [0.4, 0.5) is 0 Å². The van der Waals surface area contributed by atoms with E-state index in [2.05, 4.69) is 17.4 Å². The summed E-state index contributed by atoms with van der Waals surface area (Å²) < 4.78 is 5.09. The van der Waals surface area contributed by atoms with Crippen LogP contribution in [-0.2, 0) is 0 Å². The summed E-state index contributed by atoms with van der Waals surface area (Å²) in [5.41, 5.74) is 1.72. The number of hydrogen-bond acceptors (Lipinski definition) is 3. The highest BCUT2D eigenvalue weighted by Gasteiger charge is 2.11. The van der Waals surface area contributed by atoms with Gasteiger partial charge in [-0.3, -0.25) is 4.79 Å². The predicted molar refractivity (Wildman–Crippen MR) is 87.1 cm³/mol. The molecule has 1 atom stereocenters. The fourth-order valence-corrected chi connectivity index (χ4v) is 2.41. The van der Waals surface area contributed by atoms with Gasteiger partial charge < -0.3 is 10.1 Å². The van der Waals surface area contributed by atoms with Crippen molar-refractivity contribution in [2.75, 3.05) is 13.4 Å². The minimum absolute atomic E-state index is 0.0319. The van der Waals surface area contributed by atoms with E-state index in [0.29, 0.717) is 5.56 Å². The van der Waals surface area contributed by atoms with E-state index < -0.39 is 0 Å². The molecule has 1 unspecified atom stereocenters. The van der Waals surface area contributed by atoms with Gasteiger partial charge in [-0.15, -0.1) is 11.8 Å². The molecule has 0 spiro atoms. The number of thioether (sulfide) groups is 1. The summed E-state index contributed by atoms with van der Waals surface area (Å²) in [4.78, 5) is 13.4. The van der Waals surface area contributed by atoms with E-state index in [-0.39, 0.29) is 11.9 Å². The summed E-state index contributed by atoms with van der Waals surface area (Å²) in [6.45, 7) is 1.98. The van der Waals surface area contributed by atoms with Crippen LogP contribution < -0.4 is 10.1 Å². The van der Waals surface area contributed by atoms with Crippen LogP contribution >= 0.6 is 11.8 Å². The molecule has 4 heteroatoms. The predicted octanol–water partition coefficient (Wildman–Crippen LogP) is 3.91. The van der Waals surface area contributed by atoms with Crippen LogP contribution in [-0.4, -0.2) is 19.3 Å². The van der Waals surface area contributed by atoms with Gasteiger partial charge in [0.25, 0.3) is 5.91 Å². The molecule has 21 heavy (non-hydrogen) atoms. The number of benzene rings is 2. The quantitative estimate of drug-likeness (QED) is 0.851. The van der Waals surface area contributed by atoms with Crippen LogP contribution in [0.15, 0.2) is 53.4 Å². The maximum atomic E-state index is 12.2. The molecule has 0 aliphatic heterocycles. The first-order valence-electron chi connectivity index (χ1n) is 6.73. The Bertz CT molecular complexity index is 593. The fourth-order valence-electron chi connectivity index (χ4n) is 2.00. The van der Waals surface area contributed by atoms with Crippen molar-refractivity contribution in [3.63, 3.8) is 0 Å². The fraction of sp³-hybridized carbons (Fsp3) is 0.235. The van der Waals surface area contributed by atoms with E-state index in [1.807, 2.05) is 25.3 Å². The van der Waals surface area contributed by atoms with Crippen molar-refractivity contribution in [2.24, 2.45) is 0 Å². The van der Waals surface area contributed by atoms with E-state index >= 15 is 0 Å². The van der Waals surface area contributed by atoms with Crippen LogP contribution in [0, 0.1) is 0 Å². The monoisotopic (exact) mass is 301 g/mol. The molecule has 0 fully saturated rings. The highest BCUT2D eigenvalue weighted by atomic mass is 32.2. The van der Waals surface area contributed by atoms with Gasteiger partial charge in [0, 0.05) is 10.5 Å². The van der Waals surface area contributed by atoms with Crippen LogP contribution in [0.5, 0.6) is 5.75 Å². The van der Waals surface area contributed by atoms with Gasteiger partial charge in [-0.25, -0.2) is 0 Å². The largest absolute Gasteiger partial charge is 0.497 e. The molecule has 0 saturated carbocycles. The first-order chi connectivity index (χ1) is 10.1. The molecule has 3 nitrogen and oxygen atoms in total. The Hall–Kier alpha value is -1.94. The molecule has 0 heterocycles. The Labute approximate surface area is 129 Å². The van der Waals surface area contributed by atoms with E-state index in [4.69, 9.17) is 4.74 Å². The average molecular weight is 301 g/mol. The number of nitrogens with one attached hydrogen (secondary N) is 1. The third-order valence-electron chi connectivity index (χ3n) is 3.32. The Kier molecular flexibility index (Phi) is 5.28. The van der Waals surface area contributed by atoms with Gasteiger partial charge in [-0.05, 0) is 55.1 Å². The Balaban J connectivity index is 2.03. The number of carbonyl (C=O) groups excluding carboxylic acids is 1. The second-order valence-electron chi connectivity index (χ2n) is 4.70. The number of ether oxygens (including phenoxy) is 1. The molecule has 110 valence electrons. The second-order valence-corrected chi connectivity index (χ2v) is 5.58. The Morgan fingerprint density at radius 2 is 1.71 bits per heavy atom. The van der Waals surface area contributed by atoms with Crippen LogP contribution in [0.1, 0.15) is 28.9 Å². The summed E-state index contributed by atoms with van der Waals surface area (Å²) in [5.74, 6) is 0.659. The minimum Gasteiger partial charge on any atom is -0.497 e. The topological polar surface area (TPSA) is 38.3 Å². The van der Waals surface area contributed by atoms with Crippen molar-refractivity contribution >= 4 is 17.7 Å². The molecule has 0 bridgehead atoms. The number of hydrogen-bond donors (Lipinski definition) is 1. The second kappa shape index (κ2) is 7.18. The standard InChI is InChI=1S/C17H19NO2S/c1-12(13-6-10-16(21-3)11-7-13)18-17(19)14-4-8-15(20-2)9-5-14/h4-12H,1-3H3,(H,18,19). The molecule has 1 amide bonds. The molecule has 0 aromatic heterocycles. The normalized spacial score (nSPS) is 11.8. The van der Waals surface area contributed by atoms with Crippen LogP contribution in [0.25, 0.3) is 0 Å². The van der Waals surface area contributed by atoms with Crippen molar-refractivity contribution in [1.82, 2.24) is 5.32 Å². The number of methoxy groups -OCH3 is 1. The van der Waals surface area contributed by atoms with E-state index in [1.165, 1.54) is 4.90 Å². The van der Waals surface area contributed by atoms with Gasteiger partial charge in [0.05, 0.1) is 13.2 Å². The summed E-state index contributed by atoms with van der Waals surface area (Å²) in [5, 5.41) is 3.00. The van der Waals surface area contributed by atoms with E-state index in [0.717, 1.165) is 11.3 Å². The number of carbonyl (C=O) groups is 1. The van der Waals surface area contributed by atoms with Crippen molar-refractivity contribution in [3.05, 3.63) is 59.7 Å². The van der Waals surface area contributed by atoms with Crippen LogP contribution in [0.3, 0.4) is 0 Å². The molecule has 0 aliphatic rings. The first kappa shape index (κ1) is 15.4. The van der Waals surface area contributed by atoms with Gasteiger partial charge in [-0.1, -0.05) is 12.1 Å². The average Bonchev–Trinajstić information content (AvgIpc) is 2.55. The highest BCUT2D eigenvalue weighted by molar-refractivity contribution is 7.98. The molecule has 1 N–H and O–H groups in total. The highest BCUT2D eigenvalue weighted by Crippen LogP contribution is 2.19. The maximum absolute atomic E-state index is 12.2. The number of amides is 1. The molecule has 0 aliphatic carbocycles. The van der Waals surface area contributed by atoms with Gasteiger partial charge in [-0.2, -0.15) is 0 Å². The molecular weight excluding hydrogens is 282 g/mol. The van der Waals surface area contributed by atoms with Gasteiger partial charge in [0.1, 0.15) is 5.75 Å². The molecular formula is C17H19NO2S. The van der Waals surface area contributed by atoms with Crippen LogP contribution in [0.2, 0.25) is 0 Å². The lowest BCUT2D eigenvalue weighted by Gasteiger charge is -2.15.